The third-order valence-corrected chi connectivity index (χ3v) is 3.23. The summed E-state index contributed by atoms with van der Waals surface area (Å²) in [5.41, 5.74) is 1.10. The molecule has 3 rings (SSSR count). The van der Waals surface area contributed by atoms with Gasteiger partial charge in [-0.05, 0) is 18.2 Å². The standard InChI is InChI=1S/C15H12N4O3/c20-9-19-12-4-2-1-3-11(12)13(15(19)22)17-18-14(21)10-5-7-16-8-6-10/h1-8,20,22H,9H2. The molecule has 0 saturated heterocycles. The predicted molar refractivity (Wildman–Crippen MR) is 78.9 cm³/mol. The molecule has 2 aromatic heterocycles. The van der Waals surface area contributed by atoms with Crippen LogP contribution in [0.3, 0.4) is 0 Å². The summed E-state index contributed by atoms with van der Waals surface area (Å²) in [4.78, 5) is 15.7. The van der Waals surface area contributed by atoms with Crippen LogP contribution in [-0.4, -0.2) is 25.7 Å². The zero-order valence-electron chi connectivity index (χ0n) is 11.4. The maximum absolute atomic E-state index is 11.9. The van der Waals surface area contributed by atoms with Crippen LogP contribution in [0.2, 0.25) is 0 Å². The summed E-state index contributed by atoms with van der Waals surface area (Å²) in [6.45, 7) is -0.403. The number of fused-ring (bicyclic) bond motifs is 1. The van der Waals surface area contributed by atoms with E-state index in [1.54, 1.807) is 24.3 Å². The number of aromatic hydroxyl groups is 1. The molecular weight excluding hydrogens is 284 g/mol. The molecule has 0 atom stereocenters. The molecule has 3 aromatic rings. The van der Waals surface area contributed by atoms with Gasteiger partial charge in [0.15, 0.2) is 5.69 Å². The third kappa shape index (κ3) is 2.33. The number of benzene rings is 1. The molecule has 0 radical (unpaired) electrons. The zero-order valence-corrected chi connectivity index (χ0v) is 11.4. The van der Waals surface area contributed by atoms with Crippen molar-refractivity contribution in [2.45, 2.75) is 6.73 Å². The van der Waals surface area contributed by atoms with E-state index in [-0.39, 0.29) is 11.6 Å². The monoisotopic (exact) mass is 296 g/mol. The van der Waals surface area contributed by atoms with Gasteiger partial charge >= 0.3 is 0 Å². The number of hydrogen-bond donors (Lipinski definition) is 2. The Kier molecular flexibility index (Phi) is 3.63. The quantitative estimate of drug-likeness (QED) is 0.725. The number of hydrogen-bond acceptors (Lipinski definition) is 5. The Hall–Kier alpha value is -3.06. The molecule has 2 N–H and O–H groups in total. The number of aliphatic hydroxyl groups is 1. The minimum absolute atomic E-state index is 0.145. The summed E-state index contributed by atoms with van der Waals surface area (Å²) in [7, 11) is 0. The van der Waals surface area contributed by atoms with E-state index in [4.69, 9.17) is 0 Å². The molecule has 7 heteroatoms. The van der Waals surface area contributed by atoms with Gasteiger partial charge in [0, 0.05) is 23.3 Å². The number of rotatable bonds is 3. The van der Waals surface area contributed by atoms with E-state index in [9.17, 15) is 15.0 Å². The Morgan fingerprint density at radius 1 is 1.18 bits per heavy atom. The van der Waals surface area contributed by atoms with E-state index in [1.165, 1.54) is 29.1 Å². The zero-order chi connectivity index (χ0) is 15.5. The van der Waals surface area contributed by atoms with Crippen molar-refractivity contribution in [2.24, 2.45) is 10.2 Å². The van der Waals surface area contributed by atoms with E-state index < -0.39 is 12.6 Å². The highest BCUT2D eigenvalue weighted by molar-refractivity contribution is 5.97. The fraction of sp³-hybridized carbons (Fsp3) is 0.0667. The molecule has 22 heavy (non-hydrogen) atoms. The summed E-state index contributed by atoms with van der Waals surface area (Å²) in [6, 6.07) is 10.1. The van der Waals surface area contributed by atoms with Gasteiger partial charge in [-0.2, -0.15) is 0 Å². The number of amides is 1. The molecular formula is C15H12N4O3. The second-order valence-electron chi connectivity index (χ2n) is 4.50. The lowest BCUT2D eigenvalue weighted by Gasteiger charge is -2.00. The topological polar surface area (TPSA) is 100 Å². The highest BCUT2D eigenvalue weighted by Gasteiger charge is 2.16. The van der Waals surface area contributed by atoms with Crippen LogP contribution in [0.5, 0.6) is 5.88 Å². The highest BCUT2D eigenvalue weighted by atomic mass is 16.3. The fourth-order valence-electron chi connectivity index (χ4n) is 2.16. The lowest BCUT2D eigenvalue weighted by atomic mass is 10.2. The van der Waals surface area contributed by atoms with Crippen LogP contribution in [0.1, 0.15) is 10.4 Å². The van der Waals surface area contributed by atoms with E-state index >= 15 is 0 Å². The van der Waals surface area contributed by atoms with Crippen LogP contribution in [-0.2, 0) is 6.73 Å². The maximum atomic E-state index is 11.9. The average Bonchev–Trinajstić information content (AvgIpc) is 2.84. The van der Waals surface area contributed by atoms with Crippen LogP contribution in [0.4, 0.5) is 5.69 Å². The molecule has 0 saturated carbocycles. The number of azo groups is 1. The minimum atomic E-state index is -0.539. The maximum Gasteiger partial charge on any atom is 0.295 e. The van der Waals surface area contributed by atoms with E-state index in [1.807, 2.05) is 0 Å². The van der Waals surface area contributed by atoms with Gasteiger partial charge in [0.25, 0.3) is 5.91 Å². The predicted octanol–water partition coefficient (Wildman–Crippen LogP) is 2.62. The van der Waals surface area contributed by atoms with Gasteiger partial charge < -0.3 is 10.2 Å². The Morgan fingerprint density at radius 3 is 2.64 bits per heavy atom. The second kappa shape index (κ2) is 5.74. The van der Waals surface area contributed by atoms with Gasteiger partial charge in [0.2, 0.25) is 5.88 Å². The molecule has 2 heterocycles. The number of carbonyl (C=O) groups excluding carboxylic acids is 1. The SMILES string of the molecule is O=C(N=Nc1c(O)n(CO)c2ccccc12)c1ccncc1. The van der Waals surface area contributed by atoms with Crippen molar-refractivity contribution in [3.8, 4) is 5.88 Å². The molecule has 0 bridgehead atoms. The molecule has 1 amide bonds. The molecule has 7 nitrogen and oxygen atoms in total. The number of aromatic nitrogens is 2. The summed E-state index contributed by atoms with van der Waals surface area (Å²) in [5, 5.41) is 27.5. The molecule has 110 valence electrons. The highest BCUT2D eigenvalue weighted by Crippen LogP contribution is 2.38. The van der Waals surface area contributed by atoms with Crippen LogP contribution in [0.25, 0.3) is 10.9 Å². The van der Waals surface area contributed by atoms with Crippen molar-refractivity contribution in [2.75, 3.05) is 0 Å². The molecule has 0 unspecified atom stereocenters. The van der Waals surface area contributed by atoms with Crippen molar-refractivity contribution in [3.63, 3.8) is 0 Å². The smallest absolute Gasteiger partial charge is 0.295 e. The normalized spacial score (nSPS) is 11.3. The number of para-hydroxylation sites is 1. The number of pyridine rings is 1. The lowest BCUT2D eigenvalue weighted by molar-refractivity contribution is 0.0995. The van der Waals surface area contributed by atoms with E-state index in [0.717, 1.165) is 0 Å². The van der Waals surface area contributed by atoms with Crippen LogP contribution in [0, 0.1) is 0 Å². The largest absolute Gasteiger partial charge is 0.493 e. The summed E-state index contributed by atoms with van der Waals surface area (Å²) >= 11 is 0. The van der Waals surface area contributed by atoms with Crippen molar-refractivity contribution in [3.05, 3.63) is 54.4 Å². The minimum Gasteiger partial charge on any atom is -0.493 e. The number of aliphatic hydroxyl groups excluding tert-OH is 1. The van der Waals surface area contributed by atoms with Crippen LogP contribution in [0.15, 0.2) is 59.0 Å². The first-order valence-electron chi connectivity index (χ1n) is 6.49. The van der Waals surface area contributed by atoms with E-state index in [2.05, 4.69) is 15.2 Å². The Balaban J connectivity index is 2.02. The van der Waals surface area contributed by atoms with E-state index in [0.29, 0.717) is 16.5 Å². The summed E-state index contributed by atoms with van der Waals surface area (Å²) < 4.78 is 1.28. The second-order valence-corrected chi connectivity index (χ2v) is 4.50. The average molecular weight is 296 g/mol. The third-order valence-electron chi connectivity index (χ3n) is 3.23. The van der Waals surface area contributed by atoms with Gasteiger partial charge in [-0.1, -0.05) is 18.2 Å². The Bertz CT molecular complexity index is 856. The number of carbonyl (C=O) groups is 1. The first kappa shape index (κ1) is 13.9. The van der Waals surface area contributed by atoms with Gasteiger partial charge in [-0.15, -0.1) is 10.2 Å². The molecule has 0 spiro atoms. The van der Waals surface area contributed by atoms with Gasteiger partial charge in [-0.3, -0.25) is 14.3 Å². The van der Waals surface area contributed by atoms with Crippen molar-refractivity contribution < 1.29 is 15.0 Å². The van der Waals surface area contributed by atoms with Crippen molar-refractivity contribution in [1.82, 2.24) is 9.55 Å². The van der Waals surface area contributed by atoms with Crippen LogP contribution < -0.4 is 0 Å². The first-order valence-corrected chi connectivity index (χ1v) is 6.49. The van der Waals surface area contributed by atoms with Gasteiger partial charge in [0.05, 0.1) is 5.52 Å². The first-order chi connectivity index (χ1) is 10.7. The van der Waals surface area contributed by atoms with Crippen molar-refractivity contribution in [1.29, 1.82) is 0 Å². The van der Waals surface area contributed by atoms with Crippen LogP contribution >= 0.6 is 0 Å². The Labute approximate surface area is 125 Å². The molecule has 0 fully saturated rings. The van der Waals surface area contributed by atoms with Crippen molar-refractivity contribution >= 4 is 22.5 Å². The summed E-state index contributed by atoms with van der Waals surface area (Å²) in [6.07, 6.45) is 2.97. The number of nitrogens with zero attached hydrogens (tertiary/aromatic N) is 4. The molecule has 0 aliphatic heterocycles. The summed E-state index contributed by atoms with van der Waals surface area (Å²) in [5.74, 6) is -0.780. The Morgan fingerprint density at radius 2 is 1.91 bits per heavy atom. The molecule has 0 aliphatic carbocycles. The fourth-order valence-corrected chi connectivity index (χ4v) is 2.16. The molecule has 0 aliphatic rings. The lowest BCUT2D eigenvalue weighted by Crippen LogP contribution is -1.94. The van der Waals surface area contributed by atoms with Gasteiger partial charge in [0.1, 0.15) is 6.73 Å². The van der Waals surface area contributed by atoms with Gasteiger partial charge in [-0.25, -0.2) is 0 Å². The molecule has 1 aromatic carbocycles.